The maximum atomic E-state index is 13.3. The Morgan fingerprint density at radius 3 is 2.61 bits per heavy atom. The van der Waals surface area contributed by atoms with E-state index >= 15 is 0 Å². The van der Waals surface area contributed by atoms with Crippen LogP contribution in [0.1, 0.15) is 31.4 Å². The minimum Gasteiger partial charge on any atom is -0.493 e. The van der Waals surface area contributed by atoms with E-state index in [1.807, 2.05) is 45.0 Å². The number of halogens is 1. The van der Waals surface area contributed by atoms with E-state index in [2.05, 4.69) is 15.9 Å². The Bertz CT molecular complexity index is 1110. The summed E-state index contributed by atoms with van der Waals surface area (Å²) in [6.07, 6.45) is 2.57. The summed E-state index contributed by atoms with van der Waals surface area (Å²) in [7, 11) is 1.47. The molecule has 2 aromatic carbocycles. The molecule has 0 bridgehead atoms. The van der Waals surface area contributed by atoms with E-state index in [-0.39, 0.29) is 17.7 Å². The first-order valence-corrected chi connectivity index (χ1v) is 11.9. The Hall–Kier alpha value is -2.78. The number of aliphatic imine (C=N–C) groups is 1. The molecule has 9 heteroatoms. The number of benzene rings is 2. The predicted molar refractivity (Wildman–Crippen MR) is 134 cm³/mol. The first-order valence-electron chi connectivity index (χ1n) is 10.3. The number of carbonyl (C=O) groups is 2. The minimum atomic E-state index is -1.09. The van der Waals surface area contributed by atoms with Crippen LogP contribution >= 0.6 is 27.7 Å². The van der Waals surface area contributed by atoms with Crippen LogP contribution in [0.2, 0.25) is 0 Å². The van der Waals surface area contributed by atoms with Crippen LogP contribution in [0.3, 0.4) is 0 Å². The molecule has 1 atom stereocenters. The van der Waals surface area contributed by atoms with Crippen LogP contribution in [0.25, 0.3) is 6.08 Å². The second kappa shape index (κ2) is 10.9. The number of carboxylic acids is 1. The van der Waals surface area contributed by atoms with Crippen LogP contribution in [0, 0.1) is 6.92 Å². The molecule has 2 aromatic rings. The van der Waals surface area contributed by atoms with Gasteiger partial charge in [0.25, 0.3) is 5.91 Å². The SMILES string of the molecule is CC[C@H](C)N1C(=O)/C(=C\c2cc(Br)c(OCC(=O)O)c(OC)c2)SC1=Nc1ccc(C)cc1. The molecule has 0 saturated carbocycles. The van der Waals surface area contributed by atoms with E-state index in [0.29, 0.717) is 25.9 Å². The molecule has 33 heavy (non-hydrogen) atoms. The molecule has 1 N–H and O–H groups in total. The molecule has 3 rings (SSSR count). The highest BCUT2D eigenvalue weighted by atomic mass is 79.9. The third-order valence-electron chi connectivity index (χ3n) is 5.02. The Kier molecular flexibility index (Phi) is 8.20. The highest BCUT2D eigenvalue weighted by Crippen LogP contribution is 2.40. The number of carbonyl (C=O) groups excluding carboxylic acids is 1. The number of rotatable bonds is 8. The number of ether oxygens (including phenoxy) is 2. The number of thioether (sulfide) groups is 1. The van der Waals surface area contributed by atoms with Crippen molar-refractivity contribution in [2.24, 2.45) is 4.99 Å². The first-order chi connectivity index (χ1) is 15.7. The molecular weight excluding hydrogens is 508 g/mol. The van der Waals surface area contributed by atoms with Gasteiger partial charge >= 0.3 is 5.97 Å². The third kappa shape index (κ3) is 5.97. The molecule has 1 fully saturated rings. The molecule has 1 heterocycles. The van der Waals surface area contributed by atoms with Gasteiger partial charge in [0.1, 0.15) is 0 Å². The number of hydrogen-bond donors (Lipinski definition) is 1. The minimum absolute atomic E-state index is 0.00633. The van der Waals surface area contributed by atoms with Gasteiger partial charge in [-0.15, -0.1) is 0 Å². The number of amidine groups is 1. The largest absolute Gasteiger partial charge is 0.493 e. The molecule has 0 aromatic heterocycles. The lowest BCUT2D eigenvalue weighted by Gasteiger charge is -2.22. The summed E-state index contributed by atoms with van der Waals surface area (Å²) < 4.78 is 11.2. The lowest BCUT2D eigenvalue weighted by molar-refractivity contribution is -0.139. The van der Waals surface area contributed by atoms with Gasteiger partial charge in [0, 0.05) is 6.04 Å². The van der Waals surface area contributed by atoms with Crippen molar-refractivity contribution in [2.75, 3.05) is 13.7 Å². The van der Waals surface area contributed by atoms with E-state index in [1.165, 1.54) is 18.9 Å². The molecule has 0 radical (unpaired) electrons. The Morgan fingerprint density at radius 2 is 2.00 bits per heavy atom. The maximum absolute atomic E-state index is 13.3. The van der Waals surface area contributed by atoms with Crippen LogP contribution in [0.15, 0.2) is 50.8 Å². The fourth-order valence-electron chi connectivity index (χ4n) is 3.11. The highest BCUT2D eigenvalue weighted by molar-refractivity contribution is 9.10. The van der Waals surface area contributed by atoms with E-state index in [4.69, 9.17) is 19.6 Å². The topological polar surface area (TPSA) is 88.4 Å². The zero-order chi connectivity index (χ0) is 24.1. The molecule has 0 unspecified atom stereocenters. The molecule has 174 valence electrons. The van der Waals surface area contributed by atoms with Crippen molar-refractivity contribution in [2.45, 2.75) is 33.2 Å². The standard InChI is InChI=1S/C24H25BrN2O5S/c1-5-15(3)27-23(30)20(33-24(27)26-17-8-6-14(2)7-9-17)12-16-10-18(25)22(19(11-16)31-4)32-13-21(28)29/h6-12,15H,5,13H2,1-4H3,(H,28,29)/b20-12+,26-24?/t15-/m0/s1. The Labute approximate surface area is 205 Å². The van der Waals surface area contributed by atoms with E-state index in [9.17, 15) is 9.59 Å². The smallest absolute Gasteiger partial charge is 0.341 e. The second-order valence-electron chi connectivity index (χ2n) is 7.49. The van der Waals surface area contributed by atoms with Crippen LogP contribution in [-0.4, -0.2) is 46.8 Å². The molecular formula is C24H25BrN2O5S. The zero-order valence-electron chi connectivity index (χ0n) is 18.8. The van der Waals surface area contributed by atoms with Gasteiger partial charge in [-0.25, -0.2) is 9.79 Å². The predicted octanol–water partition coefficient (Wildman–Crippen LogP) is 5.63. The van der Waals surface area contributed by atoms with Crippen molar-refractivity contribution in [1.29, 1.82) is 0 Å². The van der Waals surface area contributed by atoms with Crippen LogP contribution in [-0.2, 0) is 9.59 Å². The number of hydrogen-bond acceptors (Lipinski definition) is 6. The van der Waals surface area contributed by atoms with Gasteiger partial charge < -0.3 is 14.6 Å². The van der Waals surface area contributed by atoms with Crippen LogP contribution in [0.5, 0.6) is 11.5 Å². The van der Waals surface area contributed by atoms with Gasteiger partial charge in [0.15, 0.2) is 23.3 Å². The van der Waals surface area contributed by atoms with Gasteiger partial charge in [-0.05, 0) is 83.9 Å². The fourth-order valence-corrected chi connectivity index (χ4v) is 4.78. The number of carboxylic acid groups (broad SMARTS) is 1. The molecule has 1 aliphatic rings. The second-order valence-corrected chi connectivity index (χ2v) is 9.35. The third-order valence-corrected chi connectivity index (χ3v) is 6.59. The quantitative estimate of drug-likeness (QED) is 0.443. The van der Waals surface area contributed by atoms with Gasteiger partial charge in [0.2, 0.25) is 0 Å². The summed E-state index contributed by atoms with van der Waals surface area (Å²) in [5.74, 6) is -0.550. The average molecular weight is 533 g/mol. The van der Waals surface area contributed by atoms with Gasteiger partial charge in [-0.2, -0.15) is 0 Å². The van der Waals surface area contributed by atoms with Crippen LogP contribution < -0.4 is 9.47 Å². The Morgan fingerprint density at radius 1 is 1.30 bits per heavy atom. The summed E-state index contributed by atoms with van der Waals surface area (Å²) >= 11 is 4.73. The van der Waals surface area contributed by atoms with E-state index in [1.54, 1.807) is 23.1 Å². The maximum Gasteiger partial charge on any atom is 0.341 e. The molecule has 0 aliphatic carbocycles. The van der Waals surface area contributed by atoms with Crippen molar-refractivity contribution in [3.05, 3.63) is 56.9 Å². The number of methoxy groups -OCH3 is 1. The normalized spacial score (nSPS) is 17.0. The summed E-state index contributed by atoms with van der Waals surface area (Å²) in [6.45, 7) is 5.56. The summed E-state index contributed by atoms with van der Waals surface area (Å²) in [5, 5.41) is 9.53. The van der Waals surface area contributed by atoms with Crippen molar-refractivity contribution in [1.82, 2.24) is 4.90 Å². The zero-order valence-corrected chi connectivity index (χ0v) is 21.2. The average Bonchev–Trinajstić information content (AvgIpc) is 3.08. The Balaban J connectivity index is 1.97. The number of aryl methyl sites for hydroxylation is 1. The first kappa shape index (κ1) is 24.9. The number of aliphatic carboxylic acids is 1. The molecule has 1 saturated heterocycles. The van der Waals surface area contributed by atoms with Gasteiger partial charge in [-0.3, -0.25) is 9.69 Å². The summed E-state index contributed by atoms with van der Waals surface area (Å²) in [6, 6.07) is 11.3. The van der Waals surface area contributed by atoms with E-state index < -0.39 is 12.6 Å². The summed E-state index contributed by atoms with van der Waals surface area (Å²) in [4.78, 5) is 31.1. The highest BCUT2D eigenvalue weighted by Gasteiger charge is 2.36. The van der Waals surface area contributed by atoms with Crippen molar-refractivity contribution in [3.63, 3.8) is 0 Å². The lowest BCUT2D eigenvalue weighted by Crippen LogP contribution is -2.36. The van der Waals surface area contributed by atoms with Gasteiger partial charge in [-0.1, -0.05) is 24.6 Å². The fraction of sp³-hybridized carbons (Fsp3) is 0.292. The molecule has 1 aliphatic heterocycles. The molecule has 0 spiro atoms. The van der Waals surface area contributed by atoms with Crippen molar-refractivity contribution < 1.29 is 24.2 Å². The summed E-state index contributed by atoms with van der Waals surface area (Å²) in [5.41, 5.74) is 2.64. The van der Waals surface area contributed by atoms with E-state index in [0.717, 1.165) is 17.7 Å². The van der Waals surface area contributed by atoms with Crippen LogP contribution in [0.4, 0.5) is 5.69 Å². The number of nitrogens with zero attached hydrogens (tertiary/aromatic N) is 2. The molecule has 7 nitrogen and oxygen atoms in total. The van der Waals surface area contributed by atoms with Crippen molar-refractivity contribution in [3.8, 4) is 11.5 Å². The monoisotopic (exact) mass is 532 g/mol. The lowest BCUT2D eigenvalue weighted by atomic mass is 10.1. The number of amides is 1. The molecule has 1 amide bonds. The van der Waals surface area contributed by atoms with Gasteiger partial charge in [0.05, 0.1) is 22.2 Å². The van der Waals surface area contributed by atoms with Crippen molar-refractivity contribution >= 4 is 56.5 Å².